The fourth-order valence-corrected chi connectivity index (χ4v) is 5.86. The molecule has 1 saturated heterocycles. The van der Waals surface area contributed by atoms with Gasteiger partial charge in [0.05, 0.1) is 26.7 Å². The van der Waals surface area contributed by atoms with E-state index in [0.717, 1.165) is 39.8 Å². The minimum atomic E-state index is -3.85. The lowest BCUT2D eigenvalue weighted by molar-refractivity contribution is -0.132. The Hall–Kier alpha value is -2.36. The van der Waals surface area contributed by atoms with E-state index in [0.29, 0.717) is 19.0 Å². The van der Waals surface area contributed by atoms with Crippen LogP contribution in [0.5, 0.6) is 0 Å². The Bertz CT molecular complexity index is 1120. The van der Waals surface area contributed by atoms with Crippen molar-refractivity contribution >= 4 is 37.5 Å². The van der Waals surface area contributed by atoms with Crippen LogP contribution < -0.4 is 0 Å². The van der Waals surface area contributed by atoms with E-state index in [2.05, 4.69) is 6.07 Å². The Morgan fingerprint density at radius 1 is 1.17 bits per heavy atom. The molecule has 0 bridgehead atoms. The molecule has 0 aliphatic carbocycles. The van der Waals surface area contributed by atoms with Crippen LogP contribution in [-0.4, -0.2) is 55.2 Å². The zero-order chi connectivity index (χ0) is 21.3. The highest BCUT2D eigenvalue weighted by atomic mass is 32.2. The fourth-order valence-electron chi connectivity index (χ4n) is 3.60. The van der Waals surface area contributed by atoms with Gasteiger partial charge >= 0.3 is 0 Å². The number of sulfonamides is 1. The monoisotopic (exact) mass is 447 g/mol. The van der Waals surface area contributed by atoms with E-state index in [4.69, 9.17) is 4.98 Å². The molecule has 0 radical (unpaired) electrons. The summed E-state index contributed by atoms with van der Waals surface area (Å²) in [6, 6.07) is 12.6. The Morgan fingerprint density at radius 2 is 1.83 bits per heavy atom. The number of aromatic nitrogens is 1. The SMILES string of the molecule is CN(CC(=O)N1CCC(c2nc3ccccc3s2)CC1)S(=O)(=O)c1ccc(F)cc1. The molecule has 1 aliphatic rings. The van der Waals surface area contributed by atoms with E-state index >= 15 is 0 Å². The van der Waals surface area contributed by atoms with Crippen LogP contribution in [0.1, 0.15) is 23.8 Å². The summed E-state index contributed by atoms with van der Waals surface area (Å²) >= 11 is 1.70. The number of hydrogen-bond acceptors (Lipinski definition) is 5. The molecule has 2 aromatic carbocycles. The molecule has 1 fully saturated rings. The summed E-state index contributed by atoms with van der Waals surface area (Å²) in [6.07, 6.45) is 1.61. The number of likely N-dealkylation sites (N-methyl/N-ethyl adjacent to an activating group) is 1. The van der Waals surface area contributed by atoms with Crippen molar-refractivity contribution in [3.05, 3.63) is 59.4 Å². The van der Waals surface area contributed by atoms with Crippen molar-refractivity contribution < 1.29 is 17.6 Å². The smallest absolute Gasteiger partial charge is 0.243 e. The van der Waals surface area contributed by atoms with Gasteiger partial charge in [-0.3, -0.25) is 4.79 Å². The molecular weight excluding hydrogens is 425 g/mol. The van der Waals surface area contributed by atoms with E-state index in [1.807, 2.05) is 18.2 Å². The number of amides is 1. The van der Waals surface area contributed by atoms with Gasteiger partial charge in [-0.15, -0.1) is 11.3 Å². The van der Waals surface area contributed by atoms with Gasteiger partial charge in [0.2, 0.25) is 15.9 Å². The Kier molecular flexibility index (Phi) is 5.86. The third-order valence-electron chi connectivity index (χ3n) is 5.39. The van der Waals surface area contributed by atoms with Crippen LogP contribution in [0.4, 0.5) is 4.39 Å². The van der Waals surface area contributed by atoms with E-state index in [-0.39, 0.29) is 17.3 Å². The summed E-state index contributed by atoms with van der Waals surface area (Å²) in [5, 5.41) is 1.10. The van der Waals surface area contributed by atoms with E-state index in [1.54, 1.807) is 16.2 Å². The predicted octanol–water partition coefficient (Wildman–Crippen LogP) is 3.46. The maximum Gasteiger partial charge on any atom is 0.243 e. The second-order valence-electron chi connectivity index (χ2n) is 7.39. The van der Waals surface area contributed by atoms with Crippen molar-refractivity contribution in [2.45, 2.75) is 23.7 Å². The molecule has 6 nitrogen and oxygen atoms in total. The summed E-state index contributed by atoms with van der Waals surface area (Å²) in [5.41, 5.74) is 1.00. The number of carbonyl (C=O) groups excluding carboxylic acids is 1. The third-order valence-corrected chi connectivity index (χ3v) is 8.40. The van der Waals surface area contributed by atoms with Gasteiger partial charge in [0.1, 0.15) is 5.82 Å². The minimum absolute atomic E-state index is 0.0336. The van der Waals surface area contributed by atoms with Crippen LogP contribution in [0.25, 0.3) is 10.2 Å². The van der Waals surface area contributed by atoms with Crippen LogP contribution in [0.15, 0.2) is 53.4 Å². The van der Waals surface area contributed by atoms with Crippen molar-refractivity contribution in [1.29, 1.82) is 0 Å². The molecule has 158 valence electrons. The molecule has 0 N–H and O–H groups in total. The molecular formula is C21H22FN3O3S2. The van der Waals surface area contributed by atoms with Crippen LogP contribution in [0.2, 0.25) is 0 Å². The van der Waals surface area contributed by atoms with Crippen molar-refractivity contribution in [3.8, 4) is 0 Å². The number of nitrogens with zero attached hydrogens (tertiary/aromatic N) is 3. The number of piperidine rings is 1. The highest BCUT2D eigenvalue weighted by Gasteiger charge is 2.29. The lowest BCUT2D eigenvalue weighted by Gasteiger charge is -2.32. The number of para-hydroxylation sites is 1. The first-order chi connectivity index (χ1) is 14.3. The van der Waals surface area contributed by atoms with Crippen molar-refractivity contribution in [2.24, 2.45) is 0 Å². The van der Waals surface area contributed by atoms with Crippen molar-refractivity contribution in [1.82, 2.24) is 14.2 Å². The molecule has 1 amide bonds. The van der Waals surface area contributed by atoms with Gasteiger partial charge in [0.15, 0.2) is 0 Å². The van der Waals surface area contributed by atoms with E-state index in [9.17, 15) is 17.6 Å². The summed E-state index contributed by atoms with van der Waals surface area (Å²) in [7, 11) is -2.48. The number of halogens is 1. The molecule has 1 aromatic heterocycles. The lowest BCUT2D eigenvalue weighted by Crippen LogP contribution is -2.44. The van der Waals surface area contributed by atoms with Crippen LogP contribution >= 0.6 is 11.3 Å². The number of carbonyl (C=O) groups is 1. The van der Waals surface area contributed by atoms with Gasteiger partial charge < -0.3 is 4.90 Å². The number of likely N-dealkylation sites (tertiary alicyclic amines) is 1. The number of fused-ring (bicyclic) bond motifs is 1. The zero-order valence-corrected chi connectivity index (χ0v) is 18.1. The average molecular weight is 448 g/mol. The molecule has 0 unspecified atom stereocenters. The first-order valence-electron chi connectivity index (χ1n) is 9.70. The standard InChI is InChI=1S/C21H22FN3O3S2/c1-24(30(27,28)17-8-6-16(22)7-9-17)14-20(26)25-12-10-15(11-13-25)21-23-18-4-2-3-5-19(18)29-21/h2-9,15H,10-14H2,1H3. The van der Waals surface area contributed by atoms with Crippen molar-refractivity contribution in [2.75, 3.05) is 26.7 Å². The van der Waals surface area contributed by atoms with Gasteiger partial charge in [-0.2, -0.15) is 4.31 Å². The molecule has 0 saturated carbocycles. The fraction of sp³-hybridized carbons (Fsp3) is 0.333. The average Bonchev–Trinajstić information content (AvgIpc) is 3.18. The van der Waals surface area contributed by atoms with E-state index in [1.165, 1.54) is 23.9 Å². The summed E-state index contributed by atoms with van der Waals surface area (Å²) in [4.78, 5) is 19.1. The van der Waals surface area contributed by atoms with Gasteiger partial charge in [-0.1, -0.05) is 12.1 Å². The van der Waals surface area contributed by atoms with Gasteiger partial charge in [-0.25, -0.2) is 17.8 Å². The largest absolute Gasteiger partial charge is 0.342 e. The molecule has 9 heteroatoms. The topological polar surface area (TPSA) is 70.6 Å². The molecule has 0 atom stereocenters. The van der Waals surface area contributed by atoms with Crippen LogP contribution in [0.3, 0.4) is 0 Å². The highest BCUT2D eigenvalue weighted by Crippen LogP contribution is 2.33. The number of benzene rings is 2. The zero-order valence-electron chi connectivity index (χ0n) is 16.5. The Balaban J connectivity index is 1.36. The molecule has 2 heterocycles. The third kappa shape index (κ3) is 4.23. The second-order valence-corrected chi connectivity index (χ2v) is 10.5. The predicted molar refractivity (Wildman–Crippen MR) is 114 cm³/mol. The first kappa shape index (κ1) is 20.9. The summed E-state index contributed by atoms with van der Waals surface area (Å²) < 4.78 is 40.5. The van der Waals surface area contributed by atoms with Crippen LogP contribution in [0, 0.1) is 5.82 Å². The molecule has 3 aromatic rings. The van der Waals surface area contributed by atoms with Crippen LogP contribution in [-0.2, 0) is 14.8 Å². The maximum absolute atomic E-state index is 13.1. The first-order valence-corrected chi connectivity index (χ1v) is 12.0. The van der Waals surface area contributed by atoms with Gasteiger partial charge in [0.25, 0.3) is 0 Å². The number of hydrogen-bond donors (Lipinski definition) is 0. The minimum Gasteiger partial charge on any atom is -0.342 e. The van der Waals surface area contributed by atoms with E-state index < -0.39 is 15.8 Å². The number of thiazole rings is 1. The Labute approximate surface area is 179 Å². The van der Waals surface area contributed by atoms with Crippen molar-refractivity contribution in [3.63, 3.8) is 0 Å². The summed E-state index contributed by atoms with van der Waals surface area (Å²) in [6.45, 7) is 0.902. The van der Waals surface area contributed by atoms with Gasteiger partial charge in [0, 0.05) is 26.1 Å². The number of rotatable bonds is 5. The molecule has 4 rings (SSSR count). The lowest BCUT2D eigenvalue weighted by atomic mass is 9.97. The molecule has 1 aliphatic heterocycles. The summed E-state index contributed by atoms with van der Waals surface area (Å²) in [5.74, 6) is -0.429. The Morgan fingerprint density at radius 3 is 2.50 bits per heavy atom. The second kappa shape index (κ2) is 8.41. The normalized spacial score (nSPS) is 15.8. The maximum atomic E-state index is 13.1. The quantitative estimate of drug-likeness (QED) is 0.601. The highest BCUT2D eigenvalue weighted by molar-refractivity contribution is 7.89. The van der Waals surface area contributed by atoms with Gasteiger partial charge in [-0.05, 0) is 49.2 Å². The molecule has 30 heavy (non-hydrogen) atoms. The molecule has 0 spiro atoms.